The van der Waals surface area contributed by atoms with Crippen LogP contribution in [0.25, 0.3) is 10.6 Å². The molecular weight excluding hydrogens is 230 g/mol. The van der Waals surface area contributed by atoms with Crippen LogP contribution in [0.4, 0.5) is 5.82 Å². The van der Waals surface area contributed by atoms with E-state index in [1.807, 2.05) is 19.1 Å². The Balaban J connectivity index is 2.57. The number of nitrogen functional groups attached to an aromatic ring is 1. The van der Waals surface area contributed by atoms with E-state index in [-0.39, 0.29) is 0 Å². The van der Waals surface area contributed by atoms with Gasteiger partial charge in [0.25, 0.3) is 0 Å². The highest BCUT2D eigenvalue weighted by molar-refractivity contribution is 7.19. The van der Waals surface area contributed by atoms with Gasteiger partial charge in [0, 0.05) is 5.56 Å². The van der Waals surface area contributed by atoms with Crippen molar-refractivity contribution in [3.05, 3.63) is 28.4 Å². The average Bonchev–Trinajstić information content (AvgIpc) is 2.64. The summed E-state index contributed by atoms with van der Waals surface area (Å²) in [5.74, 6) is 0.548. The van der Waals surface area contributed by atoms with Gasteiger partial charge in [0.1, 0.15) is 12.1 Å². The molecule has 3 nitrogen and oxygen atoms in total. The van der Waals surface area contributed by atoms with Crippen molar-refractivity contribution in [3.8, 4) is 10.6 Å². The number of thiophene rings is 1. The van der Waals surface area contributed by atoms with E-state index in [2.05, 4.69) is 9.97 Å². The van der Waals surface area contributed by atoms with Crippen molar-refractivity contribution in [2.24, 2.45) is 0 Å². The Morgan fingerprint density at radius 2 is 2.20 bits per heavy atom. The Bertz CT molecular complexity index is 481. The largest absolute Gasteiger partial charge is 0.383 e. The predicted molar refractivity (Wildman–Crippen MR) is 64.1 cm³/mol. The highest BCUT2D eigenvalue weighted by atomic mass is 35.5. The summed E-state index contributed by atoms with van der Waals surface area (Å²) in [5, 5.41) is 0. The molecule has 0 saturated carbocycles. The molecule has 0 aromatic carbocycles. The lowest BCUT2D eigenvalue weighted by atomic mass is 10.1. The normalized spacial score (nSPS) is 10.5. The molecule has 2 heterocycles. The van der Waals surface area contributed by atoms with Gasteiger partial charge in [-0.2, -0.15) is 0 Å². The Hall–Kier alpha value is -1.13. The van der Waals surface area contributed by atoms with E-state index in [1.165, 1.54) is 17.7 Å². The molecule has 0 saturated heterocycles. The smallest absolute Gasteiger partial charge is 0.130 e. The fourth-order valence-electron chi connectivity index (χ4n) is 1.43. The summed E-state index contributed by atoms with van der Waals surface area (Å²) < 4.78 is 0.754. The molecule has 0 atom stereocenters. The topological polar surface area (TPSA) is 51.8 Å². The minimum Gasteiger partial charge on any atom is -0.383 e. The number of halogens is 1. The molecule has 0 spiro atoms. The van der Waals surface area contributed by atoms with Crippen molar-refractivity contribution in [1.82, 2.24) is 9.97 Å². The zero-order valence-electron chi connectivity index (χ0n) is 8.20. The lowest BCUT2D eigenvalue weighted by Crippen LogP contribution is -2.00. The summed E-state index contributed by atoms with van der Waals surface area (Å²) in [7, 11) is 0. The van der Waals surface area contributed by atoms with E-state index in [0.29, 0.717) is 5.82 Å². The van der Waals surface area contributed by atoms with E-state index in [1.54, 1.807) is 0 Å². The van der Waals surface area contributed by atoms with Crippen LogP contribution in [0.5, 0.6) is 0 Å². The number of anilines is 1. The highest BCUT2D eigenvalue weighted by Crippen LogP contribution is 2.32. The Morgan fingerprint density at radius 3 is 2.80 bits per heavy atom. The second-order valence-corrected chi connectivity index (χ2v) is 4.76. The van der Waals surface area contributed by atoms with Gasteiger partial charge in [-0.05, 0) is 18.6 Å². The third-order valence-electron chi connectivity index (χ3n) is 2.14. The van der Waals surface area contributed by atoms with Crippen molar-refractivity contribution in [3.63, 3.8) is 0 Å². The minimum absolute atomic E-state index is 0.548. The van der Waals surface area contributed by atoms with Crippen LogP contribution in [0.15, 0.2) is 18.5 Å². The fraction of sp³-hybridized carbons (Fsp3) is 0.200. The third kappa shape index (κ3) is 1.96. The van der Waals surface area contributed by atoms with E-state index in [4.69, 9.17) is 17.3 Å². The van der Waals surface area contributed by atoms with Crippen molar-refractivity contribution in [1.29, 1.82) is 0 Å². The van der Waals surface area contributed by atoms with E-state index >= 15 is 0 Å². The third-order valence-corrected chi connectivity index (χ3v) is 3.38. The second kappa shape index (κ2) is 4.16. The molecule has 0 amide bonds. The molecule has 0 aliphatic heterocycles. The van der Waals surface area contributed by atoms with Crippen LogP contribution in [-0.4, -0.2) is 9.97 Å². The van der Waals surface area contributed by atoms with Gasteiger partial charge in [-0.1, -0.05) is 18.5 Å². The monoisotopic (exact) mass is 239 g/mol. The van der Waals surface area contributed by atoms with E-state index in [0.717, 1.165) is 26.9 Å². The number of aromatic nitrogens is 2. The van der Waals surface area contributed by atoms with Crippen LogP contribution in [0.2, 0.25) is 4.34 Å². The molecule has 0 aliphatic rings. The van der Waals surface area contributed by atoms with Crippen molar-refractivity contribution in [2.45, 2.75) is 13.3 Å². The number of hydrogen-bond acceptors (Lipinski definition) is 4. The summed E-state index contributed by atoms with van der Waals surface area (Å²) >= 11 is 7.39. The summed E-state index contributed by atoms with van der Waals surface area (Å²) in [5.41, 5.74) is 7.67. The molecule has 78 valence electrons. The highest BCUT2D eigenvalue weighted by Gasteiger charge is 2.11. The molecule has 0 radical (unpaired) electrons. The fourth-order valence-corrected chi connectivity index (χ4v) is 2.50. The lowest BCUT2D eigenvalue weighted by molar-refractivity contribution is 1.06. The molecule has 0 unspecified atom stereocenters. The quantitative estimate of drug-likeness (QED) is 0.877. The first-order chi connectivity index (χ1) is 7.22. The maximum absolute atomic E-state index is 5.89. The van der Waals surface area contributed by atoms with E-state index < -0.39 is 0 Å². The first kappa shape index (κ1) is 10.4. The Labute approximate surface area is 96.9 Å². The average molecular weight is 240 g/mol. The Morgan fingerprint density at radius 1 is 1.40 bits per heavy atom. The molecule has 0 aliphatic carbocycles. The summed E-state index contributed by atoms with van der Waals surface area (Å²) in [6.45, 7) is 2.04. The minimum atomic E-state index is 0.548. The predicted octanol–water partition coefficient (Wildman–Crippen LogP) is 3.00. The van der Waals surface area contributed by atoms with Crippen molar-refractivity contribution in [2.75, 3.05) is 5.73 Å². The standard InChI is InChI=1S/C10H10ClN3S/c1-2-6-9(13-5-14-10(6)12)7-3-4-8(11)15-7/h3-5H,2H2,1H3,(H2,12,13,14). The molecule has 2 N–H and O–H groups in total. The van der Waals surface area contributed by atoms with Gasteiger partial charge < -0.3 is 5.73 Å². The number of hydrogen-bond donors (Lipinski definition) is 1. The zero-order chi connectivity index (χ0) is 10.8. The van der Waals surface area contributed by atoms with Crippen LogP contribution in [0, 0.1) is 0 Å². The molecule has 5 heteroatoms. The number of nitrogens with two attached hydrogens (primary N) is 1. The summed E-state index contributed by atoms with van der Waals surface area (Å²) in [6, 6.07) is 3.81. The van der Waals surface area contributed by atoms with Gasteiger partial charge in [0.2, 0.25) is 0 Å². The molecule has 0 bridgehead atoms. The van der Waals surface area contributed by atoms with Crippen LogP contribution in [-0.2, 0) is 6.42 Å². The maximum Gasteiger partial charge on any atom is 0.130 e. The van der Waals surface area contributed by atoms with Crippen LogP contribution in [0.1, 0.15) is 12.5 Å². The van der Waals surface area contributed by atoms with Crippen LogP contribution >= 0.6 is 22.9 Å². The van der Waals surface area contributed by atoms with Crippen molar-refractivity contribution < 1.29 is 0 Å². The first-order valence-corrected chi connectivity index (χ1v) is 5.77. The van der Waals surface area contributed by atoms with Gasteiger partial charge in [0.15, 0.2) is 0 Å². The van der Waals surface area contributed by atoms with E-state index in [9.17, 15) is 0 Å². The molecule has 15 heavy (non-hydrogen) atoms. The molecule has 0 fully saturated rings. The lowest BCUT2D eigenvalue weighted by Gasteiger charge is -2.06. The number of rotatable bonds is 2. The van der Waals surface area contributed by atoms with Crippen molar-refractivity contribution >= 4 is 28.8 Å². The van der Waals surface area contributed by atoms with Gasteiger partial charge in [-0.25, -0.2) is 9.97 Å². The molecule has 2 aromatic heterocycles. The summed E-state index contributed by atoms with van der Waals surface area (Å²) in [4.78, 5) is 9.27. The first-order valence-electron chi connectivity index (χ1n) is 4.57. The van der Waals surface area contributed by atoms with Gasteiger partial charge >= 0.3 is 0 Å². The Kier molecular flexibility index (Phi) is 2.88. The van der Waals surface area contributed by atoms with Crippen LogP contribution in [0.3, 0.4) is 0 Å². The zero-order valence-corrected chi connectivity index (χ0v) is 9.77. The summed E-state index contributed by atoms with van der Waals surface area (Å²) in [6.07, 6.45) is 2.30. The van der Waals surface area contributed by atoms with Gasteiger partial charge in [-0.15, -0.1) is 11.3 Å². The van der Waals surface area contributed by atoms with Crippen LogP contribution < -0.4 is 5.73 Å². The SMILES string of the molecule is CCc1c(N)ncnc1-c1ccc(Cl)s1. The maximum atomic E-state index is 5.89. The molecule has 2 rings (SSSR count). The molecular formula is C10H10ClN3S. The molecule has 2 aromatic rings. The second-order valence-electron chi connectivity index (χ2n) is 3.04. The number of nitrogens with zero attached hydrogens (tertiary/aromatic N) is 2. The van der Waals surface area contributed by atoms with Gasteiger partial charge in [0.05, 0.1) is 14.9 Å². The van der Waals surface area contributed by atoms with Gasteiger partial charge in [-0.3, -0.25) is 0 Å².